The Labute approximate surface area is 162 Å². The van der Waals surface area contributed by atoms with Gasteiger partial charge in [-0.05, 0) is 42.4 Å². The number of nitrogens with zero attached hydrogens (tertiary/aromatic N) is 2. The highest BCUT2D eigenvalue weighted by atomic mass is 35.5. The number of rotatable bonds is 5. The Kier molecular flexibility index (Phi) is 5.85. The molecule has 0 saturated carbocycles. The third-order valence-corrected chi connectivity index (χ3v) is 4.35. The Morgan fingerprint density at radius 3 is 2.58 bits per heavy atom. The second-order valence-electron chi connectivity index (χ2n) is 5.88. The van der Waals surface area contributed by atoms with Gasteiger partial charge in [-0.3, -0.25) is 4.68 Å². The highest BCUT2D eigenvalue weighted by Gasteiger charge is 2.11. The molecular formula is C19H18ClFN4S. The van der Waals surface area contributed by atoms with E-state index < -0.39 is 0 Å². The zero-order chi connectivity index (χ0) is 18.5. The van der Waals surface area contributed by atoms with Crippen LogP contribution in [0.25, 0.3) is 0 Å². The van der Waals surface area contributed by atoms with Gasteiger partial charge in [-0.1, -0.05) is 54.1 Å². The summed E-state index contributed by atoms with van der Waals surface area (Å²) in [5.41, 5.74) is 2.06. The lowest BCUT2D eigenvalue weighted by Gasteiger charge is -2.16. The zero-order valence-electron chi connectivity index (χ0n) is 14.1. The lowest BCUT2D eigenvalue weighted by molar-refractivity contribution is 0.624. The Morgan fingerprint density at radius 1 is 1.19 bits per heavy atom. The Morgan fingerprint density at radius 2 is 1.88 bits per heavy atom. The Balaban J connectivity index is 1.62. The smallest absolute Gasteiger partial charge is 0.173 e. The van der Waals surface area contributed by atoms with Gasteiger partial charge >= 0.3 is 0 Å². The molecule has 0 radical (unpaired) electrons. The van der Waals surface area contributed by atoms with Crippen molar-refractivity contribution in [2.75, 3.05) is 5.32 Å². The summed E-state index contributed by atoms with van der Waals surface area (Å²) < 4.78 is 14.7. The molecule has 0 saturated heterocycles. The van der Waals surface area contributed by atoms with Crippen LogP contribution in [0.1, 0.15) is 24.1 Å². The minimum Gasteiger partial charge on any atom is -0.356 e. The second kappa shape index (κ2) is 8.29. The van der Waals surface area contributed by atoms with Crippen LogP contribution in [0.15, 0.2) is 60.8 Å². The van der Waals surface area contributed by atoms with Gasteiger partial charge in [0.25, 0.3) is 0 Å². The van der Waals surface area contributed by atoms with Crippen molar-refractivity contribution in [3.8, 4) is 0 Å². The van der Waals surface area contributed by atoms with Crippen LogP contribution >= 0.6 is 23.8 Å². The van der Waals surface area contributed by atoms with Crippen molar-refractivity contribution >= 4 is 34.7 Å². The van der Waals surface area contributed by atoms with Crippen LogP contribution in [-0.2, 0) is 6.54 Å². The molecule has 2 aromatic carbocycles. The molecule has 0 spiro atoms. The number of thiocarbonyl (C=S) groups is 1. The summed E-state index contributed by atoms with van der Waals surface area (Å²) >= 11 is 11.6. The maximum absolute atomic E-state index is 13.0. The van der Waals surface area contributed by atoms with E-state index in [1.807, 2.05) is 37.3 Å². The van der Waals surface area contributed by atoms with Gasteiger partial charge in [0.2, 0.25) is 0 Å². The molecule has 3 rings (SSSR count). The molecule has 4 nitrogen and oxygen atoms in total. The van der Waals surface area contributed by atoms with Crippen LogP contribution in [0.2, 0.25) is 5.02 Å². The molecule has 0 amide bonds. The van der Waals surface area contributed by atoms with E-state index in [1.165, 1.54) is 12.1 Å². The monoisotopic (exact) mass is 388 g/mol. The van der Waals surface area contributed by atoms with E-state index in [2.05, 4.69) is 15.7 Å². The van der Waals surface area contributed by atoms with Gasteiger partial charge in [-0.25, -0.2) is 4.39 Å². The fourth-order valence-electron chi connectivity index (χ4n) is 2.50. The van der Waals surface area contributed by atoms with Crippen molar-refractivity contribution in [2.24, 2.45) is 0 Å². The summed E-state index contributed by atoms with van der Waals surface area (Å²) in [6, 6.07) is 16.3. The van der Waals surface area contributed by atoms with Crippen LogP contribution in [0.5, 0.6) is 0 Å². The van der Waals surface area contributed by atoms with Crippen molar-refractivity contribution in [2.45, 2.75) is 19.5 Å². The molecule has 3 aromatic rings. The molecule has 1 aromatic heterocycles. The number of anilines is 1. The molecule has 0 aliphatic heterocycles. The van der Waals surface area contributed by atoms with E-state index in [-0.39, 0.29) is 11.9 Å². The first-order chi connectivity index (χ1) is 12.5. The Hall–Kier alpha value is -2.44. The molecule has 0 fully saturated rings. The highest BCUT2D eigenvalue weighted by molar-refractivity contribution is 7.80. The van der Waals surface area contributed by atoms with Crippen LogP contribution in [0, 0.1) is 5.82 Å². The molecule has 0 bridgehead atoms. The van der Waals surface area contributed by atoms with Gasteiger partial charge in [-0.2, -0.15) is 5.10 Å². The first-order valence-corrected chi connectivity index (χ1v) is 8.90. The van der Waals surface area contributed by atoms with E-state index in [9.17, 15) is 4.39 Å². The standard InChI is InChI=1S/C19H18ClFN4S/c1-13(15-5-3-2-4-6-15)22-19(26)23-18-17(20)12-25(24-18)11-14-7-9-16(21)10-8-14/h2-10,12-13H,11H2,1H3,(H2,22,23,24,26). The predicted octanol–water partition coefficient (Wildman–Crippen LogP) is 4.77. The van der Waals surface area contributed by atoms with Crippen molar-refractivity contribution in [1.29, 1.82) is 0 Å². The minimum absolute atomic E-state index is 0.0521. The number of halogens is 2. The zero-order valence-corrected chi connectivity index (χ0v) is 15.7. The van der Waals surface area contributed by atoms with Gasteiger partial charge in [0.05, 0.1) is 12.6 Å². The SMILES string of the molecule is CC(NC(=S)Nc1nn(Cc2ccc(F)cc2)cc1Cl)c1ccccc1. The second-order valence-corrected chi connectivity index (χ2v) is 6.70. The molecule has 1 unspecified atom stereocenters. The molecule has 26 heavy (non-hydrogen) atoms. The quantitative estimate of drug-likeness (QED) is 0.618. The van der Waals surface area contributed by atoms with Crippen molar-refractivity contribution in [3.63, 3.8) is 0 Å². The van der Waals surface area contributed by atoms with Gasteiger partial charge in [0, 0.05) is 6.20 Å². The van der Waals surface area contributed by atoms with E-state index in [0.29, 0.717) is 22.5 Å². The summed E-state index contributed by atoms with van der Waals surface area (Å²) in [6.07, 6.45) is 1.70. The molecule has 7 heteroatoms. The molecule has 1 atom stereocenters. The number of hydrogen-bond donors (Lipinski definition) is 2. The number of benzene rings is 2. The lowest BCUT2D eigenvalue weighted by atomic mass is 10.1. The highest BCUT2D eigenvalue weighted by Crippen LogP contribution is 2.20. The summed E-state index contributed by atoms with van der Waals surface area (Å²) in [5, 5.41) is 11.5. The van der Waals surface area contributed by atoms with Gasteiger partial charge in [0.15, 0.2) is 10.9 Å². The van der Waals surface area contributed by atoms with Crippen LogP contribution < -0.4 is 10.6 Å². The number of aromatic nitrogens is 2. The molecule has 2 N–H and O–H groups in total. The predicted molar refractivity (Wildman–Crippen MR) is 107 cm³/mol. The van der Waals surface area contributed by atoms with Crippen LogP contribution in [-0.4, -0.2) is 14.9 Å². The largest absolute Gasteiger partial charge is 0.356 e. The summed E-state index contributed by atoms with van der Waals surface area (Å²) in [7, 11) is 0. The topological polar surface area (TPSA) is 41.9 Å². The third kappa shape index (κ3) is 4.80. The van der Waals surface area contributed by atoms with Gasteiger partial charge in [-0.15, -0.1) is 0 Å². The van der Waals surface area contributed by atoms with Crippen molar-refractivity contribution in [1.82, 2.24) is 15.1 Å². The first-order valence-electron chi connectivity index (χ1n) is 8.11. The van der Waals surface area contributed by atoms with E-state index in [1.54, 1.807) is 23.0 Å². The molecule has 0 aliphatic carbocycles. The molecule has 134 valence electrons. The summed E-state index contributed by atoms with van der Waals surface area (Å²) in [5.74, 6) is 0.213. The maximum atomic E-state index is 13.0. The van der Waals surface area contributed by atoms with E-state index in [0.717, 1.165) is 11.1 Å². The number of hydrogen-bond acceptors (Lipinski definition) is 2. The fourth-order valence-corrected chi connectivity index (χ4v) is 2.98. The van der Waals surface area contributed by atoms with Crippen molar-refractivity contribution in [3.05, 3.63) is 82.8 Å². The first kappa shape index (κ1) is 18.4. The lowest BCUT2D eigenvalue weighted by Crippen LogP contribution is -2.31. The summed E-state index contributed by atoms with van der Waals surface area (Å²) in [6.45, 7) is 2.51. The summed E-state index contributed by atoms with van der Waals surface area (Å²) in [4.78, 5) is 0. The fraction of sp³-hybridized carbons (Fsp3) is 0.158. The normalized spacial score (nSPS) is 11.8. The number of nitrogens with one attached hydrogen (secondary N) is 2. The Bertz CT molecular complexity index is 880. The van der Waals surface area contributed by atoms with Gasteiger partial charge in [0.1, 0.15) is 10.8 Å². The minimum atomic E-state index is -0.265. The van der Waals surface area contributed by atoms with E-state index >= 15 is 0 Å². The maximum Gasteiger partial charge on any atom is 0.173 e. The van der Waals surface area contributed by atoms with E-state index in [4.69, 9.17) is 23.8 Å². The average molecular weight is 389 g/mol. The van der Waals surface area contributed by atoms with Crippen molar-refractivity contribution < 1.29 is 4.39 Å². The molecule has 0 aliphatic rings. The molecular weight excluding hydrogens is 371 g/mol. The van der Waals surface area contributed by atoms with Crippen LogP contribution in [0.3, 0.4) is 0 Å². The third-order valence-electron chi connectivity index (χ3n) is 3.85. The van der Waals surface area contributed by atoms with Crippen LogP contribution in [0.4, 0.5) is 10.2 Å². The molecule has 1 heterocycles. The van der Waals surface area contributed by atoms with Gasteiger partial charge < -0.3 is 10.6 Å². The average Bonchev–Trinajstić information content (AvgIpc) is 2.96.